The molecule has 0 heterocycles. The lowest BCUT2D eigenvalue weighted by atomic mass is 10.2. The van der Waals surface area contributed by atoms with Crippen LogP contribution in [0.25, 0.3) is 0 Å². The first-order chi connectivity index (χ1) is 28.7. The Bertz CT molecular complexity index is 996. The third-order valence-electron chi connectivity index (χ3n) is 7.55. The molecule has 0 fully saturated rings. The minimum atomic E-state index is -0.473. The van der Waals surface area contributed by atoms with Gasteiger partial charge in [0.1, 0.15) is 13.2 Å². The van der Waals surface area contributed by atoms with Crippen LogP contribution in [-0.2, 0) is 77.7 Å². The second-order valence-electron chi connectivity index (χ2n) is 12.4. The van der Waals surface area contributed by atoms with Crippen LogP contribution in [0.15, 0.2) is 30.3 Å². The SMILES string of the molecule is CCCCCCC(=O)OCCOCCOCCOCCOCCOCCOCCOCCOCCOCCOCCOCCOCCNC(=O)OCc1ccccc1. The summed E-state index contributed by atoms with van der Waals surface area (Å²) < 4.78 is 75.9. The highest BCUT2D eigenvalue weighted by Gasteiger charge is 2.03. The number of rotatable bonds is 46. The summed E-state index contributed by atoms with van der Waals surface area (Å²) in [7, 11) is 0. The van der Waals surface area contributed by atoms with Crippen LogP contribution in [0, 0.1) is 0 Å². The molecule has 0 aliphatic carbocycles. The minimum Gasteiger partial charge on any atom is -0.463 e. The quantitative estimate of drug-likeness (QED) is 0.0744. The van der Waals surface area contributed by atoms with Crippen molar-refractivity contribution in [2.24, 2.45) is 0 Å². The predicted octanol–water partition coefficient (Wildman–Crippen LogP) is 3.63. The van der Waals surface area contributed by atoms with Gasteiger partial charge in [0.15, 0.2) is 0 Å². The topological polar surface area (TPSA) is 175 Å². The van der Waals surface area contributed by atoms with E-state index < -0.39 is 6.09 Å². The van der Waals surface area contributed by atoms with Crippen LogP contribution in [0.2, 0.25) is 0 Å². The number of unbranched alkanes of at least 4 members (excludes halogenated alkanes) is 3. The molecule has 1 amide bonds. The van der Waals surface area contributed by atoms with Gasteiger partial charge in [0.05, 0.1) is 159 Å². The van der Waals surface area contributed by atoms with Crippen LogP contribution in [0.1, 0.15) is 44.6 Å². The van der Waals surface area contributed by atoms with Crippen molar-refractivity contribution in [3.8, 4) is 0 Å². The van der Waals surface area contributed by atoms with Gasteiger partial charge in [-0.1, -0.05) is 56.5 Å². The third kappa shape index (κ3) is 41.6. The molecular formula is C41H73NO16. The summed E-state index contributed by atoms with van der Waals surface area (Å²) in [5.41, 5.74) is 0.934. The zero-order valence-corrected chi connectivity index (χ0v) is 35.0. The van der Waals surface area contributed by atoms with Gasteiger partial charge in [0, 0.05) is 13.0 Å². The first-order valence-corrected chi connectivity index (χ1v) is 20.8. The molecule has 1 aromatic carbocycles. The van der Waals surface area contributed by atoms with Crippen LogP contribution < -0.4 is 5.32 Å². The molecule has 0 aliphatic heterocycles. The van der Waals surface area contributed by atoms with Crippen LogP contribution in [-0.4, -0.2) is 184 Å². The highest BCUT2D eigenvalue weighted by Crippen LogP contribution is 2.03. The molecule has 1 rings (SSSR count). The highest BCUT2D eigenvalue weighted by molar-refractivity contribution is 5.69. The number of nitrogens with one attached hydrogen (secondary N) is 1. The lowest BCUT2D eigenvalue weighted by Crippen LogP contribution is -2.28. The van der Waals surface area contributed by atoms with Crippen molar-refractivity contribution in [2.45, 2.75) is 45.6 Å². The normalized spacial score (nSPS) is 11.3. The van der Waals surface area contributed by atoms with Gasteiger partial charge in [-0.15, -0.1) is 0 Å². The fourth-order valence-corrected chi connectivity index (χ4v) is 4.50. The van der Waals surface area contributed by atoms with Crippen molar-refractivity contribution in [3.05, 3.63) is 35.9 Å². The zero-order chi connectivity index (χ0) is 41.5. The largest absolute Gasteiger partial charge is 0.463 e. The van der Waals surface area contributed by atoms with Crippen LogP contribution in [0.3, 0.4) is 0 Å². The van der Waals surface area contributed by atoms with Crippen LogP contribution in [0.4, 0.5) is 4.79 Å². The minimum absolute atomic E-state index is 0.157. The summed E-state index contributed by atoms with van der Waals surface area (Å²) in [5, 5.41) is 2.64. The Hall–Kier alpha value is -2.52. The fourth-order valence-electron chi connectivity index (χ4n) is 4.50. The number of alkyl carbamates (subject to hydrolysis) is 1. The summed E-state index contributed by atoms with van der Waals surface area (Å²) >= 11 is 0. The Morgan fingerprint density at radius 3 is 1.12 bits per heavy atom. The number of hydrogen-bond acceptors (Lipinski definition) is 16. The fraction of sp³-hybridized carbons (Fsp3) is 0.805. The van der Waals surface area contributed by atoms with Gasteiger partial charge >= 0.3 is 12.1 Å². The first kappa shape index (κ1) is 53.5. The Balaban J connectivity index is 1.63. The van der Waals surface area contributed by atoms with E-state index in [1.54, 1.807) is 0 Å². The van der Waals surface area contributed by atoms with Crippen molar-refractivity contribution in [2.75, 3.05) is 172 Å². The predicted molar refractivity (Wildman–Crippen MR) is 214 cm³/mol. The molecule has 0 saturated heterocycles. The summed E-state index contributed by atoms with van der Waals surface area (Å²) in [6, 6.07) is 9.50. The maximum Gasteiger partial charge on any atom is 0.407 e. The Kier molecular flexibility index (Phi) is 42.0. The molecule has 0 saturated carbocycles. The van der Waals surface area contributed by atoms with Gasteiger partial charge < -0.3 is 71.6 Å². The van der Waals surface area contributed by atoms with Crippen LogP contribution >= 0.6 is 0 Å². The van der Waals surface area contributed by atoms with E-state index >= 15 is 0 Å². The lowest BCUT2D eigenvalue weighted by molar-refractivity contribution is -0.145. The highest BCUT2D eigenvalue weighted by atomic mass is 16.6. The number of carbonyl (C=O) groups is 2. The molecule has 0 spiro atoms. The maximum atomic E-state index is 11.7. The lowest BCUT2D eigenvalue weighted by Gasteiger charge is -2.09. The number of esters is 1. The van der Waals surface area contributed by atoms with Gasteiger partial charge in [-0.3, -0.25) is 4.79 Å². The second-order valence-corrected chi connectivity index (χ2v) is 12.4. The Labute approximate surface area is 346 Å². The van der Waals surface area contributed by atoms with E-state index in [1.165, 1.54) is 0 Å². The molecule has 17 heteroatoms. The third-order valence-corrected chi connectivity index (χ3v) is 7.55. The number of hydrogen-bond donors (Lipinski definition) is 1. The Morgan fingerprint density at radius 1 is 0.414 bits per heavy atom. The number of carbonyl (C=O) groups excluding carboxylic acids is 2. The van der Waals surface area contributed by atoms with Crippen molar-refractivity contribution >= 4 is 12.1 Å². The molecule has 58 heavy (non-hydrogen) atoms. The molecule has 0 atom stereocenters. The maximum absolute atomic E-state index is 11.7. The summed E-state index contributed by atoms with van der Waals surface area (Å²) in [5.74, 6) is -0.157. The zero-order valence-electron chi connectivity index (χ0n) is 35.0. The summed E-state index contributed by atoms with van der Waals surface area (Å²) in [6.07, 6.45) is 4.26. The standard InChI is InChI=1S/C41H73NO16/c1-2-3-4-8-11-40(43)57-37-36-56-35-34-55-33-32-54-31-30-53-29-28-52-27-26-51-25-24-50-23-22-49-21-20-48-19-18-47-17-16-46-15-14-45-13-12-42-41(44)58-38-39-9-6-5-7-10-39/h5-7,9-10H,2-4,8,11-38H2,1H3,(H,42,44). The van der Waals surface area contributed by atoms with E-state index in [0.29, 0.717) is 172 Å². The molecule has 338 valence electrons. The monoisotopic (exact) mass is 835 g/mol. The Morgan fingerprint density at radius 2 is 0.759 bits per heavy atom. The molecule has 0 radical (unpaired) electrons. The van der Waals surface area contributed by atoms with Crippen molar-refractivity contribution in [1.82, 2.24) is 5.32 Å². The van der Waals surface area contributed by atoms with E-state index in [0.717, 1.165) is 31.2 Å². The van der Waals surface area contributed by atoms with Gasteiger partial charge in [-0.25, -0.2) is 4.79 Å². The number of ether oxygens (including phenoxy) is 14. The molecule has 0 unspecified atom stereocenters. The molecule has 0 aliphatic rings. The smallest absolute Gasteiger partial charge is 0.407 e. The first-order valence-electron chi connectivity index (χ1n) is 20.8. The second kappa shape index (κ2) is 45.6. The average molecular weight is 836 g/mol. The van der Waals surface area contributed by atoms with Crippen molar-refractivity contribution in [3.63, 3.8) is 0 Å². The molecule has 1 aromatic rings. The number of amides is 1. The van der Waals surface area contributed by atoms with E-state index in [1.807, 2.05) is 30.3 Å². The van der Waals surface area contributed by atoms with Gasteiger partial charge in [-0.05, 0) is 12.0 Å². The van der Waals surface area contributed by atoms with Crippen molar-refractivity contribution in [1.29, 1.82) is 0 Å². The van der Waals surface area contributed by atoms with E-state index in [9.17, 15) is 9.59 Å². The molecule has 0 aromatic heterocycles. The number of benzene rings is 1. The van der Waals surface area contributed by atoms with Gasteiger partial charge in [-0.2, -0.15) is 0 Å². The summed E-state index contributed by atoms with van der Waals surface area (Å²) in [4.78, 5) is 23.2. The van der Waals surface area contributed by atoms with Crippen LogP contribution in [0.5, 0.6) is 0 Å². The summed E-state index contributed by atoms with van der Waals surface area (Å²) in [6.45, 7) is 14.2. The van der Waals surface area contributed by atoms with Gasteiger partial charge in [0.2, 0.25) is 0 Å². The van der Waals surface area contributed by atoms with E-state index in [2.05, 4.69) is 12.2 Å². The molecule has 17 nitrogen and oxygen atoms in total. The van der Waals surface area contributed by atoms with E-state index in [-0.39, 0.29) is 19.2 Å². The molecular weight excluding hydrogens is 762 g/mol. The van der Waals surface area contributed by atoms with Gasteiger partial charge in [0.25, 0.3) is 0 Å². The average Bonchev–Trinajstić information content (AvgIpc) is 3.24. The molecule has 0 bridgehead atoms. The van der Waals surface area contributed by atoms with E-state index in [4.69, 9.17) is 66.3 Å². The molecule has 1 N–H and O–H groups in total. The van der Waals surface area contributed by atoms with Crippen molar-refractivity contribution < 1.29 is 75.9 Å².